The molecule has 0 aliphatic carbocycles. The Labute approximate surface area is 138 Å². The van der Waals surface area contributed by atoms with Crippen LogP contribution in [0.3, 0.4) is 0 Å². The van der Waals surface area contributed by atoms with E-state index in [9.17, 15) is 9.59 Å². The fraction of sp³-hybridized carbons (Fsp3) is 0.333. The number of rotatable bonds is 5. The monoisotopic (exact) mass is 334 g/mol. The van der Waals surface area contributed by atoms with Gasteiger partial charge in [0.1, 0.15) is 6.54 Å². The summed E-state index contributed by atoms with van der Waals surface area (Å²) in [6.07, 6.45) is 1.21. The Morgan fingerprint density at radius 1 is 1.26 bits per heavy atom. The van der Waals surface area contributed by atoms with Gasteiger partial charge in [-0.25, -0.2) is 9.48 Å². The Balaban J connectivity index is 1.93. The van der Waals surface area contributed by atoms with Crippen LogP contribution in [0.1, 0.15) is 31.3 Å². The van der Waals surface area contributed by atoms with Crippen LogP contribution >= 0.6 is 11.8 Å². The molecule has 0 radical (unpaired) electrons. The molecule has 122 valence electrons. The summed E-state index contributed by atoms with van der Waals surface area (Å²) in [6, 6.07) is 7.55. The summed E-state index contributed by atoms with van der Waals surface area (Å²) < 4.78 is 1.31. The van der Waals surface area contributed by atoms with Gasteiger partial charge in [0.25, 0.3) is 0 Å². The van der Waals surface area contributed by atoms with Crippen LogP contribution in [0.15, 0.2) is 35.4 Å². The summed E-state index contributed by atoms with van der Waals surface area (Å²) in [5, 5.41) is 18.5. The number of hydrogen-bond acceptors (Lipinski definition) is 5. The Kier molecular flexibility index (Phi) is 5.05. The molecule has 0 bridgehead atoms. The van der Waals surface area contributed by atoms with E-state index in [-0.39, 0.29) is 22.9 Å². The smallest absolute Gasteiger partial charge is 0.358 e. The molecule has 2 N–H and O–H groups in total. The van der Waals surface area contributed by atoms with Crippen LogP contribution in [0.2, 0.25) is 0 Å². The predicted octanol–water partition coefficient (Wildman–Crippen LogP) is 2.51. The standard InChI is InChI=1S/C15H18N4O3S/c1-15(2,3)23-11-6-4-10(5-7-11)16-13(20)9-19-8-12(14(21)22)17-18-19/h4-8H,9H2,1-3H3,(H,16,20)(H,21,22). The number of aromatic nitrogens is 3. The molecule has 1 heterocycles. The lowest BCUT2D eigenvalue weighted by atomic mass is 10.3. The lowest BCUT2D eigenvalue weighted by Crippen LogP contribution is -2.19. The summed E-state index contributed by atoms with van der Waals surface area (Å²) in [6.45, 7) is 6.31. The van der Waals surface area contributed by atoms with Gasteiger partial charge in [-0.1, -0.05) is 26.0 Å². The van der Waals surface area contributed by atoms with Gasteiger partial charge in [0.2, 0.25) is 5.91 Å². The summed E-state index contributed by atoms with van der Waals surface area (Å²) >= 11 is 1.75. The van der Waals surface area contributed by atoms with E-state index in [0.717, 1.165) is 4.90 Å². The third kappa shape index (κ3) is 5.41. The predicted molar refractivity (Wildman–Crippen MR) is 87.7 cm³/mol. The second-order valence-corrected chi connectivity index (χ2v) is 7.79. The molecule has 0 spiro atoms. The lowest BCUT2D eigenvalue weighted by Gasteiger charge is -2.17. The van der Waals surface area contributed by atoms with E-state index in [1.165, 1.54) is 10.9 Å². The SMILES string of the molecule is CC(C)(C)Sc1ccc(NC(=O)Cn2cc(C(=O)O)nn2)cc1. The number of carbonyl (C=O) groups is 2. The molecule has 0 aliphatic heterocycles. The van der Waals surface area contributed by atoms with Crippen LogP contribution < -0.4 is 5.32 Å². The Morgan fingerprint density at radius 3 is 2.43 bits per heavy atom. The van der Waals surface area contributed by atoms with Gasteiger partial charge in [-0.2, -0.15) is 0 Å². The largest absolute Gasteiger partial charge is 0.476 e. The number of aromatic carboxylic acids is 1. The molecule has 0 aliphatic rings. The first-order valence-corrected chi connectivity index (χ1v) is 7.77. The number of benzene rings is 1. The first-order chi connectivity index (χ1) is 10.7. The van der Waals surface area contributed by atoms with Crippen molar-refractivity contribution in [3.8, 4) is 0 Å². The van der Waals surface area contributed by atoms with Crippen molar-refractivity contribution in [2.24, 2.45) is 0 Å². The van der Waals surface area contributed by atoms with Gasteiger partial charge < -0.3 is 10.4 Å². The Bertz CT molecular complexity index is 704. The number of anilines is 1. The highest BCUT2D eigenvalue weighted by molar-refractivity contribution is 8.00. The highest BCUT2D eigenvalue weighted by Gasteiger charge is 2.13. The van der Waals surface area contributed by atoms with E-state index >= 15 is 0 Å². The number of amides is 1. The topological polar surface area (TPSA) is 97.1 Å². The fourth-order valence-corrected chi connectivity index (χ4v) is 2.76. The van der Waals surface area contributed by atoms with Crippen LogP contribution in [0.4, 0.5) is 5.69 Å². The Hall–Kier alpha value is -2.35. The fourth-order valence-electron chi connectivity index (χ4n) is 1.78. The van der Waals surface area contributed by atoms with E-state index in [2.05, 4.69) is 36.4 Å². The molecule has 1 amide bonds. The number of nitrogens with one attached hydrogen (secondary N) is 1. The van der Waals surface area contributed by atoms with E-state index in [4.69, 9.17) is 5.11 Å². The van der Waals surface area contributed by atoms with Crippen molar-refractivity contribution in [1.29, 1.82) is 0 Å². The van der Waals surface area contributed by atoms with Crippen molar-refractivity contribution in [2.45, 2.75) is 37.0 Å². The summed E-state index contributed by atoms with van der Waals surface area (Å²) in [5.74, 6) is -1.48. The molecule has 2 rings (SSSR count). The molecular weight excluding hydrogens is 316 g/mol. The van der Waals surface area contributed by atoms with Gasteiger partial charge in [0.15, 0.2) is 5.69 Å². The van der Waals surface area contributed by atoms with Gasteiger partial charge >= 0.3 is 5.97 Å². The molecule has 1 aromatic heterocycles. The van der Waals surface area contributed by atoms with Crippen molar-refractivity contribution in [1.82, 2.24) is 15.0 Å². The molecule has 1 aromatic carbocycles. The minimum atomic E-state index is -1.18. The molecule has 0 unspecified atom stereocenters. The third-order valence-electron chi connectivity index (χ3n) is 2.63. The molecule has 8 heteroatoms. The molecule has 0 saturated carbocycles. The quantitative estimate of drug-likeness (QED) is 0.816. The molecule has 23 heavy (non-hydrogen) atoms. The summed E-state index contributed by atoms with van der Waals surface area (Å²) in [5.41, 5.74) is 0.480. The second-order valence-electron chi connectivity index (χ2n) is 5.89. The summed E-state index contributed by atoms with van der Waals surface area (Å²) in [7, 11) is 0. The van der Waals surface area contributed by atoms with Gasteiger partial charge in [-0.15, -0.1) is 16.9 Å². The van der Waals surface area contributed by atoms with Gasteiger partial charge in [0, 0.05) is 15.3 Å². The molecule has 2 aromatic rings. The molecule has 0 fully saturated rings. The zero-order valence-corrected chi connectivity index (χ0v) is 13.9. The van der Waals surface area contributed by atoms with E-state index in [0.29, 0.717) is 5.69 Å². The third-order valence-corrected chi connectivity index (χ3v) is 3.75. The number of nitrogens with zero attached hydrogens (tertiary/aromatic N) is 3. The molecule has 0 saturated heterocycles. The van der Waals surface area contributed by atoms with E-state index in [1.54, 1.807) is 11.8 Å². The minimum absolute atomic E-state index is 0.0984. The zero-order valence-electron chi connectivity index (χ0n) is 13.1. The zero-order chi connectivity index (χ0) is 17.0. The average molecular weight is 334 g/mol. The molecular formula is C15H18N4O3S. The number of hydrogen-bond donors (Lipinski definition) is 2. The average Bonchev–Trinajstić information content (AvgIpc) is 2.88. The molecule has 7 nitrogen and oxygen atoms in total. The first kappa shape index (κ1) is 17.0. The van der Waals surface area contributed by atoms with Crippen LogP contribution in [0.5, 0.6) is 0 Å². The number of thioether (sulfide) groups is 1. The number of carbonyl (C=O) groups excluding carboxylic acids is 1. The summed E-state index contributed by atoms with van der Waals surface area (Å²) in [4.78, 5) is 23.7. The van der Waals surface area contributed by atoms with Crippen LogP contribution in [0, 0.1) is 0 Å². The first-order valence-electron chi connectivity index (χ1n) is 6.95. The van der Waals surface area contributed by atoms with Crippen molar-refractivity contribution in [2.75, 3.05) is 5.32 Å². The Morgan fingerprint density at radius 2 is 1.91 bits per heavy atom. The molecule has 0 atom stereocenters. The van der Waals surface area contributed by atoms with Gasteiger partial charge in [-0.3, -0.25) is 4.79 Å². The van der Waals surface area contributed by atoms with Crippen molar-refractivity contribution in [3.05, 3.63) is 36.2 Å². The number of carboxylic acids is 1. The van der Waals surface area contributed by atoms with E-state index < -0.39 is 5.97 Å². The van der Waals surface area contributed by atoms with Gasteiger partial charge in [-0.05, 0) is 24.3 Å². The van der Waals surface area contributed by atoms with Crippen LogP contribution in [-0.4, -0.2) is 36.7 Å². The van der Waals surface area contributed by atoms with Crippen molar-refractivity contribution < 1.29 is 14.7 Å². The highest BCUT2D eigenvalue weighted by Crippen LogP contribution is 2.32. The maximum atomic E-state index is 11.9. The normalized spacial score (nSPS) is 11.3. The minimum Gasteiger partial charge on any atom is -0.476 e. The van der Waals surface area contributed by atoms with Gasteiger partial charge in [0.05, 0.1) is 6.20 Å². The number of carboxylic acid groups (broad SMARTS) is 1. The lowest BCUT2D eigenvalue weighted by molar-refractivity contribution is -0.116. The van der Waals surface area contributed by atoms with Crippen LogP contribution in [0.25, 0.3) is 0 Å². The van der Waals surface area contributed by atoms with Crippen molar-refractivity contribution in [3.63, 3.8) is 0 Å². The second kappa shape index (κ2) is 6.82. The van der Waals surface area contributed by atoms with E-state index in [1.807, 2.05) is 24.3 Å². The van der Waals surface area contributed by atoms with Crippen LogP contribution in [-0.2, 0) is 11.3 Å². The highest BCUT2D eigenvalue weighted by atomic mass is 32.2. The maximum absolute atomic E-state index is 11.9. The maximum Gasteiger partial charge on any atom is 0.358 e. The van der Waals surface area contributed by atoms with Crippen molar-refractivity contribution >= 4 is 29.3 Å².